The minimum atomic E-state index is -4.13. The average Bonchev–Trinajstić information content (AvgIpc) is 2.29. The van der Waals surface area contributed by atoms with E-state index in [-0.39, 0.29) is 36.0 Å². The van der Waals surface area contributed by atoms with Gasteiger partial charge in [0, 0.05) is 0 Å². The SMILES string of the molecule is [CH2]C(CCCCC(CCCCC)S(=O)(=O)O)S(=O)(=O)O.[NaH]. The van der Waals surface area contributed by atoms with Crippen LogP contribution in [0.25, 0.3) is 0 Å². The predicted molar refractivity (Wildman–Crippen MR) is 85.8 cm³/mol. The molecule has 123 valence electrons. The molecule has 0 aromatic rings. The van der Waals surface area contributed by atoms with Crippen LogP contribution < -0.4 is 0 Å². The molecule has 0 rings (SSSR count). The van der Waals surface area contributed by atoms with E-state index in [9.17, 15) is 16.8 Å². The van der Waals surface area contributed by atoms with Crippen LogP contribution in [0, 0.1) is 6.92 Å². The molecule has 6 nitrogen and oxygen atoms in total. The van der Waals surface area contributed by atoms with E-state index in [4.69, 9.17) is 9.11 Å². The van der Waals surface area contributed by atoms with Crippen molar-refractivity contribution in [2.75, 3.05) is 0 Å². The summed E-state index contributed by atoms with van der Waals surface area (Å²) in [4.78, 5) is 0. The van der Waals surface area contributed by atoms with Crippen molar-refractivity contribution < 1.29 is 25.9 Å². The van der Waals surface area contributed by atoms with Gasteiger partial charge < -0.3 is 0 Å². The second-order valence-corrected chi connectivity index (χ2v) is 8.45. The van der Waals surface area contributed by atoms with Crippen molar-refractivity contribution in [1.82, 2.24) is 0 Å². The molecule has 2 atom stereocenters. The van der Waals surface area contributed by atoms with E-state index in [0.29, 0.717) is 25.7 Å². The van der Waals surface area contributed by atoms with Crippen LogP contribution in [-0.4, -0.2) is 66.0 Å². The first-order valence-corrected chi connectivity index (χ1v) is 9.85. The van der Waals surface area contributed by atoms with Gasteiger partial charge in [0.15, 0.2) is 0 Å². The van der Waals surface area contributed by atoms with Crippen LogP contribution in [0.3, 0.4) is 0 Å². The van der Waals surface area contributed by atoms with Crippen LogP contribution in [0.15, 0.2) is 0 Å². The molecule has 2 unspecified atom stereocenters. The van der Waals surface area contributed by atoms with Gasteiger partial charge in [-0.1, -0.05) is 39.0 Å². The molecule has 0 heterocycles. The van der Waals surface area contributed by atoms with Crippen molar-refractivity contribution in [3.05, 3.63) is 6.92 Å². The summed E-state index contributed by atoms with van der Waals surface area (Å²) in [7, 11) is -8.19. The van der Waals surface area contributed by atoms with Crippen molar-refractivity contribution in [3.63, 3.8) is 0 Å². The van der Waals surface area contributed by atoms with E-state index < -0.39 is 30.7 Å². The van der Waals surface area contributed by atoms with E-state index in [1.807, 2.05) is 6.92 Å². The van der Waals surface area contributed by atoms with E-state index >= 15 is 0 Å². The standard InChI is InChI=1S/C12H25O6S2.Na.H/c1-3-4-5-9-12(20(16,17)18)10-7-6-8-11(2)19(13,14)15;;/h11-12H,2-10H2,1H3,(H,13,14,15)(H,16,17,18);;. The zero-order chi connectivity index (χ0) is 15.8. The summed E-state index contributed by atoms with van der Waals surface area (Å²) in [6.45, 7) is 5.34. The maximum atomic E-state index is 11.2. The summed E-state index contributed by atoms with van der Waals surface area (Å²) in [5.41, 5.74) is 0. The van der Waals surface area contributed by atoms with Crippen molar-refractivity contribution in [1.29, 1.82) is 0 Å². The van der Waals surface area contributed by atoms with Gasteiger partial charge >= 0.3 is 29.6 Å². The van der Waals surface area contributed by atoms with Gasteiger partial charge in [-0.25, -0.2) is 0 Å². The maximum absolute atomic E-state index is 11.2. The van der Waals surface area contributed by atoms with Gasteiger partial charge in [0.1, 0.15) is 0 Å². The third-order valence-electron chi connectivity index (χ3n) is 3.27. The quantitative estimate of drug-likeness (QED) is 0.333. The molecule has 9 heteroatoms. The van der Waals surface area contributed by atoms with Gasteiger partial charge in [-0.3, -0.25) is 9.11 Å². The number of hydrogen-bond acceptors (Lipinski definition) is 4. The van der Waals surface area contributed by atoms with Crippen LogP contribution in [0.5, 0.6) is 0 Å². The Morgan fingerprint density at radius 1 is 0.857 bits per heavy atom. The fraction of sp³-hybridized carbons (Fsp3) is 0.917. The summed E-state index contributed by atoms with van der Waals surface area (Å²) in [5.74, 6) is 0. The second-order valence-electron chi connectivity index (χ2n) is 5.05. The van der Waals surface area contributed by atoms with Crippen LogP contribution in [-0.2, 0) is 20.2 Å². The van der Waals surface area contributed by atoms with Crippen LogP contribution in [0.1, 0.15) is 58.3 Å². The van der Waals surface area contributed by atoms with Crippen molar-refractivity contribution in [2.24, 2.45) is 0 Å². The third-order valence-corrected chi connectivity index (χ3v) is 5.67. The number of hydrogen-bond donors (Lipinski definition) is 2. The first-order valence-electron chi connectivity index (χ1n) is 6.84. The average molecular weight is 353 g/mol. The van der Waals surface area contributed by atoms with E-state index in [1.165, 1.54) is 0 Å². The Morgan fingerprint density at radius 2 is 1.29 bits per heavy atom. The molecular weight excluding hydrogens is 327 g/mol. The summed E-state index contributed by atoms with van der Waals surface area (Å²) in [6.07, 6.45) is 4.41. The predicted octanol–water partition coefficient (Wildman–Crippen LogP) is 1.83. The normalized spacial score (nSPS) is 15.2. The molecule has 0 aromatic carbocycles. The Morgan fingerprint density at radius 3 is 1.67 bits per heavy atom. The van der Waals surface area contributed by atoms with Gasteiger partial charge in [0.25, 0.3) is 20.2 Å². The van der Waals surface area contributed by atoms with Crippen molar-refractivity contribution >= 4 is 49.8 Å². The molecule has 0 bridgehead atoms. The summed E-state index contributed by atoms with van der Waals surface area (Å²) >= 11 is 0. The fourth-order valence-corrected chi connectivity index (χ4v) is 3.35. The van der Waals surface area contributed by atoms with Gasteiger partial charge in [0.2, 0.25) is 0 Å². The van der Waals surface area contributed by atoms with Crippen LogP contribution >= 0.6 is 0 Å². The molecule has 0 aliphatic heterocycles. The zero-order valence-corrected chi connectivity index (χ0v) is 13.5. The van der Waals surface area contributed by atoms with Gasteiger partial charge in [-0.05, 0) is 26.2 Å². The Balaban J connectivity index is 0. The molecular formula is C12H26NaO6S2. The number of unbranched alkanes of at least 4 members (excludes halogenated alkanes) is 3. The Labute approximate surface area is 150 Å². The molecule has 1 radical (unpaired) electrons. The van der Waals surface area contributed by atoms with E-state index in [2.05, 4.69) is 6.92 Å². The van der Waals surface area contributed by atoms with E-state index in [0.717, 1.165) is 19.3 Å². The fourth-order valence-electron chi connectivity index (χ4n) is 1.96. The molecule has 0 spiro atoms. The molecule has 0 aliphatic rings. The monoisotopic (exact) mass is 353 g/mol. The zero-order valence-electron chi connectivity index (χ0n) is 11.9. The van der Waals surface area contributed by atoms with Crippen molar-refractivity contribution in [3.8, 4) is 0 Å². The molecule has 0 amide bonds. The molecule has 21 heavy (non-hydrogen) atoms. The summed E-state index contributed by atoms with van der Waals surface area (Å²) in [6, 6.07) is 0. The summed E-state index contributed by atoms with van der Waals surface area (Å²) in [5, 5.41) is -1.88. The van der Waals surface area contributed by atoms with E-state index in [1.54, 1.807) is 0 Å². The molecule has 2 N–H and O–H groups in total. The Bertz CT molecular complexity index is 460. The molecule has 0 fully saturated rings. The molecule has 0 saturated carbocycles. The van der Waals surface area contributed by atoms with Crippen molar-refractivity contribution in [2.45, 2.75) is 68.8 Å². The topological polar surface area (TPSA) is 109 Å². The van der Waals surface area contributed by atoms with Crippen LogP contribution in [0.2, 0.25) is 0 Å². The Hall–Kier alpha value is 0.820. The van der Waals surface area contributed by atoms with Crippen LogP contribution in [0.4, 0.5) is 0 Å². The van der Waals surface area contributed by atoms with Gasteiger partial charge in [0.05, 0.1) is 10.5 Å². The molecule has 0 aromatic heterocycles. The molecule has 0 aliphatic carbocycles. The van der Waals surface area contributed by atoms with Gasteiger partial charge in [-0.15, -0.1) is 0 Å². The minimum absolute atomic E-state index is 0. The first kappa shape index (κ1) is 24.1. The third kappa shape index (κ3) is 12.0. The summed E-state index contributed by atoms with van der Waals surface area (Å²) < 4.78 is 61.8. The first-order chi connectivity index (χ1) is 9.09. The Kier molecular flexibility index (Phi) is 13.0. The second kappa shape index (κ2) is 11.4. The molecule has 0 saturated heterocycles. The number of rotatable bonds is 11. The van der Waals surface area contributed by atoms with Gasteiger partial charge in [-0.2, -0.15) is 16.8 Å².